The number of ether oxygens (including phenoxy) is 2. The topological polar surface area (TPSA) is 18.5 Å². The van der Waals surface area contributed by atoms with E-state index >= 15 is 0 Å². The molecule has 0 amide bonds. The van der Waals surface area contributed by atoms with Crippen molar-refractivity contribution in [2.45, 2.75) is 49.7 Å². The zero-order chi connectivity index (χ0) is 19.6. The summed E-state index contributed by atoms with van der Waals surface area (Å²) < 4.78 is 153. The van der Waals surface area contributed by atoms with Crippen LogP contribution in [-0.4, -0.2) is 42.9 Å². The summed E-state index contributed by atoms with van der Waals surface area (Å²) in [6, 6.07) is 0. The first-order chi connectivity index (χ1) is 10.3. The average Bonchev–Trinajstić information content (AvgIpc) is 2.51. The molecule has 1 fully saturated rings. The van der Waals surface area contributed by atoms with Gasteiger partial charge in [0.25, 0.3) is 11.6 Å². The molecule has 4 atom stereocenters. The Hall–Kier alpha value is -0.850. The van der Waals surface area contributed by atoms with E-state index in [9.17, 15) is 48.3 Å². The third-order valence-electron chi connectivity index (χ3n) is 3.97. The molecule has 1 rings (SSSR count). The van der Waals surface area contributed by atoms with E-state index in [1.807, 2.05) is 0 Å². The zero-order valence-corrected chi connectivity index (χ0v) is 12.1. The summed E-state index contributed by atoms with van der Waals surface area (Å²) in [6.07, 6.45) is -11.5. The van der Waals surface area contributed by atoms with Crippen LogP contribution in [0.2, 0.25) is 0 Å². The van der Waals surface area contributed by atoms with Gasteiger partial charge < -0.3 is 9.47 Å². The summed E-state index contributed by atoms with van der Waals surface area (Å²) in [6.45, 7) is -0.356. The van der Waals surface area contributed by atoms with Crippen molar-refractivity contribution in [3.8, 4) is 0 Å². The summed E-state index contributed by atoms with van der Waals surface area (Å²) in [7, 11) is 0.0657. The summed E-state index contributed by atoms with van der Waals surface area (Å²) in [5.41, 5.74) is 0. The molecule has 1 aliphatic rings. The molecule has 24 heavy (non-hydrogen) atoms. The van der Waals surface area contributed by atoms with Crippen molar-refractivity contribution in [3.63, 3.8) is 0 Å². The van der Waals surface area contributed by atoms with Gasteiger partial charge in [0.05, 0.1) is 0 Å². The number of alkyl halides is 11. The lowest BCUT2D eigenvalue weighted by atomic mass is 9.88. The molecule has 1 heterocycles. The van der Waals surface area contributed by atoms with Crippen LogP contribution in [0, 0.1) is 11.8 Å². The van der Waals surface area contributed by atoms with Gasteiger partial charge in [-0.3, -0.25) is 0 Å². The maximum absolute atomic E-state index is 14.3. The Morgan fingerprint density at radius 1 is 0.750 bits per heavy atom. The van der Waals surface area contributed by atoms with Crippen LogP contribution in [0.15, 0.2) is 0 Å². The average molecular weight is 384 g/mol. The number of rotatable bonds is 3. The first-order valence-electron chi connectivity index (χ1n) is 6.16. The third-order valence-corrected chi connectivity index (χ3v) is 3.97. The van der Waals surface area contributed by atoms with Crippen molar-refractivity contribution >= 4 is 0 Å². The first kappa shape index (κ1) is 21.2. The van der Waals surface area contributed by atoms with E-state index < -0.39 is 47.7 Å². The Balaban J connectivity index is 3.64. The highest BCUT2D eigenvalue weighted by Crippen LogP contribution is 2.66. The maximum atomic E-state index is 14.3. The monoisotopic (exact) mass is 384 g/mol. The van der Waals surface area contributed by atoms with Gasteiger partial charge in [-0.15, -0.1) is 0 Å². The van der Waals surface area contributed by atoms with Gasteiger partial charge in [-0.25, -0.2) is 4.39 Å². The minimum absolute atomic E-state index is 0.0657. The van der Waals surface area contributed by atoms with E-state index in [0.29, 0.717) is 0 Å². The van der Waals surface area contributed by atoms with Crippen LogP contribution in [-0.2, 0) is 9.47 Å². The van der Waals surface area contributed by atoms with Crippen molar-refractivity contribution < 1.29 is 57.8 Å². The van der Waals surface area contributed by atoms with Gasteiger partial charge in [-0.05, 0) is 13.8 Å². The van der Waals surface area contributed by atoms with Crippen molar-refractivity contribution in [2.75, 3.05) is 7.11 Å². The van der Waals surface area contributed by atoms with Gasteiger partial charge >= 0.3 is 24.2 Å². The number of methoxy groups -OCH3 is 1. The zero-order valence-electron chi connectivity index (χ0n) is 12.1. The lowest BCUT2D eigenvalue weighted by molar-refractivity contribution is -0.391. The van der Waals surface area contributed by atoms with Crippen LogP contribution in [0.1, 0.15) is 13.8 Å². The summed E-state index contributed by atoms with van der Waals surface area (Å²) in [5.74, 6) is -29.9. The number of hydrogen-bond donors (Lipinski definition) is 0. The van der Waals surface area contributed by atoms with Gasteiger partial charge in [0.15, 0.2) is 0 Å². The Bertz CT molecular complexity index is 485. The van der Waals surface area contributed by atoms with E-state index in [1.54, 1.807) is 0 Å². The molecule has 0 saturated carbocycles. The molecule has 1 saturated heterocycles. The maximum Gasteiger partial charge on any atom is 0.397 e. The molecule has 144 valence electrons. The van der Waals surface area contributed by atoms with Crippen molar-refractivity contribution in [2.24, 2.45) is 11.8 Å². The highest BCUT2D eigenvalue weighted by molar-refractivity contribution is 5.16. The fraction of sp³-hybridized carbons (Fsp3) is 1.00. The Kier molecular flexibility index (Phi) is 4.70. The van der Waals surface area contributed by atoms with Crippen molar-refractivity contribution in [3.05, 3.63) is 0 Å². The van der Waals surface area contributed by atoms with Gasteiger partial charge in [-0.2, -0.15) is 43.9 Å². The van der Waals surface area contributed by atoms with E-state index in [-0.39, 0.29) is 21.0 Å². The Morgan fingerprint density at radius 3 is 1.42 bits per heavy atom. The van der Waals surface area contributed by atoms with Gasteiger partial charge in [-0.1, -0.05) is 0 Å². The number of halogens is 11. The lowest BCUT2D eigenvalue weighted by Gasteiger charge is -2.38. The highest BCUT2D eigenvalue weighted by Gasteiger charge is 2.92. The minimum Gasteiger partial charge on any atom is -0.348 e. The van der Waals surface area contributed by atoms with E-state index in [4.69, 9.17) is 0 Å². The summed E-state index contributed by atoms with van der Waals surface area (Å²) >= 11 is 0. The minimum atomic E-state index is -6.26. The van der Waals surface area contributed by atoms with E-state index in [2.05, 4.69) is 9.47 Å². The Labute approximate surface area is 127 Å². The highest BCUT2D eigenvalue weighted by atomic mass is 19.4. The SMILES string of the molecule is COC1(C(C)C(F)(F)F)OC(F)(C(C)C(F)(F)F)C(F)(F)C1(F)F. The van der Waals surface area contributed by atoms with Crippen molar-refractivity contribution in [1.82, 2.24) is 0 Å². The van der Waals surface area contributed by atoms with E-state index in [0.717, 1.165) is 0 Å². The molecule has 1 aliphatic heterocycles. The molecule has 0 aromatic rings. The molecule has 4 unspecified atom stereocenters. The molecular weight excluding hydrogens is 373 g/mol. The second-order valence-electron chi connectivity index (χ2n) is 5.29. The van der Waals surface area contributed by atoms with Crippen LogP contribution in [0.25, 0.3) is 0 Å². The molecule has 0 bridgehead atoms. The molecule has 0 aromatic heterocycles. The van der Waals surface area contributed by atoms with E-state index in [1.165, 1.54) is 0 Å². The number of hydrogen-bond acceptors (Lipinski definition) is 2. The quantitative estimate of drug-likeness (QED) is 0.658. The normalized spacial score (nSPS) is 35.8. The molecule has 0 radical (unpaired) electrons. The van der Waals surface area contributed by atoms with Crippen LogP contribution in [0.5, 0.6) is 0 Å². The molecule has 13 heteroatoms. The summed E-state index contributed by atoms with van der Waals surface area (Å²) in [4.78, 5) is 0. The fourth-order valence-electron chi connectivity index (χ4n) is 2.27. The van der Waals surface area contributed by atoms with Crippen LogP contribution >= 0.6 is 0 Å². The lowest BCUT2D eigenvalue weighted by Crippen LogP contribution is -2.61. The van der Waals surface area contributed by atoms with Gasteiger partial charge in [0.1, 0.15) is 11.8 Å². The second kappa shape index (κ2) is 5.32. The molecule has 2 nitrogen and oxygen atoms in total. The van der Waals surface area contributed by atoms with Crippen LogP contribution in [0.3, 0.4) is 0 Å². The van der Waals surface area contributed by atoms with Gasteiger partial charge in [0, 0.05) is 7.11 Å². The fourth-order valence-corrected chi connectivity index (χ4v) is 2.27. The predicted octanol–water partition coefficient (Wildman–Crippen LogP) is 4.69. The predicted molar refractivity (Wildman–Crippen MR) is 55.0 cm³/mol. The second-order valence-corrected chi connectivity index (χ2v) is 5.29. The smallest absolute Gasteiger partial charge is 0.348 e. The van der Waals surface area contributed by atoms with Crippen molar-refractivity contribution in [1.29, 1.82) is 0 Å². The van der Waals surface area contributed by atoms with Crippen LogP contribution in [0.4, 0.5) is 48.3 Å². The first-order valence-corrected chi connectivity index (χ1v) is 6.16. The molecule has 0 aromatic carbocycles. The molecular formula is C11H11F11O2. The largest absolute Gasteiger partial charge is 0.397 e. The molecule has 0 aliphatic carbocycles. The Morgan fingerprint density at radius 2 is 1.12 bits per heavy atom. The summed E-state index contributed by atoms with van der Waals surface area (Å²) in [5, 5.41) is 0. The van der Waals surface area contributed by atoms with Gasteiger partial charge in [0.2, 0.25) is 0 Å². The standard InChI is InChI=1S/C11H11F11O2/c1-4(8(13,14)15)6(12)10(19,20)11(21,22)7(23-3,24-6)5(2)9(16,17)18/h4-5H,1-3H3. The third kappa shape index (κ3) is 2.45. The van der Waals surface area contributed by atoms with Crippen LogP contribution < -0.4 is 0 Å². The molecule has 0 N–H and O–H groups in total. The molecule has 0 spiro atoms.